The van der Waals surface area contributed by atoms with E-state index in [0.717, 1.165) is 61.9 Å². The van der Waals surface area contributed by atoms with Gasteiger partial charge in [0.15, 0.2) is 34.6 Å². The number of carboxylic acid groups (broad SMARTS) is 1. The molecule has 6 aromatic heterocycles. The summed E-state index contributed by atoms with van der Waals surface area (Å²) in [6.45, 7) is 35.3. The Labute approximate surface area is 451 Å². The summed E-state index contributed by atoms with van der Waals surface area (Å²) in [7, 11) is 0. The molecular weight excluding hydrogens is 991 g/mol. The number of hydrogen-bond donors (Lipinski definition) is 3. The highest BCUT2D eigenvalue weighted by Crippen LogP contribution is 2.43. The van der Waals surface area contributed by atoms with Crippen LogP contribution >= 0.6 is 11.3 Å². The average molecular weight is 1060 g/mol. The first-order chi connectivity index (χ1) is 36.0. The van der Waals surface area contributed by atoms with Gasteiger partial charge in [0.25, 0.3) is 0 Å². The number of anilines is 4. The molecule has 0 bridgehead atoms. The maximum atomic E-state index is 12.6. The van der Waals surface area contributed by atoms with Crippen LogP contribution in [0.5, 0.6) is 0 Å². The third kappa shape index (κ3) is 10.6. The number of nitriles is 2. The van der Waals surface area contributed by atoms with Crippen LogP contribution in [0, 0.1) is 71.1 Å². The van der Waals surface area contributed by atoms with Crippen LogP contribution in [0.4, 0.5) is 46.0 Å². The van der Waals surface area contributed by atoms with E-state index < -0.39 is 22.2 Å². The number of H-pyrrole nitrogens is 1. The van der Waals surface area contributed by atoms with Gasteiger partial charge in [-0.2, -0.15) is 44.8 Å². The number of pyridine rings is 1. The van der Waals surface area contributed by atoms with Crippen LogP contribution in [-0.4, -0.2) is 72.2 Å². The summed E-state index contributed by atoms with van der Waals surface area (Å²) < 4.78 is 4.63. The fraction of sp³-hybridized carbons (Fsp3) is 0.418. The Morgan fingerprint density at radius 3 is 1.64 bits per heavy atom. The Balaban J connectivity index is 1.30. The molecule has 8 rings (SSSR count). The molecule has 22 heteroatoms. The molecule has 398 valence electrons. The van der Waals surface area contributed by atoms with E-state index in [9.17, 15) is 20.4 Å². The Bertz CT molecular complexity index is 3740. The zero-order valence-corrected chi connectivity index (χ0v) is 47.9. The van der Waals surface area contributed by atoms with E-state index in [1.165, 1.54) is 9.36 Å². The zero-order chi connectivity index (χ0) is 56.4. The molecular formula is C55H65N19O2S. The number of aryl methyl sites for hydroxylation is 7. The van der Waals surface area contributed by atoms with E-state index in [-0.39, 0.29) is 45.5 Å². The summed E-state index contributed by atoms with van der Waals surface area (Å²) in [5.74, 6) is 0.642. The number of carboxylic acids is 1. The fourth-order valence-corrected chi connectivity index (χ4v) is 10.2. The predicted molar refractivity (Wildman–Crippen MR) is 298 cm³/mol. The number of fused-ring (bicyclic) bond motifs is 1. The van der Waals surface area contributed by atoms with E-state index in [2.05, 4.69) is 50.0 Å². The summed E-state index contributed by atoms with van der Waals surface area (Å²) >= 11 is 1.08. The average Bonchev–Trinajstić information content (AvgIpc) is 4.15. The number of aromatic amines is 1. The second-order valence-corrected chi connectivity index (χ2v) is 23.9. The molecule has 0 spiro atoms. The molecule has 0 unspecified atom stereocenters. The van der Waals surface area contributed by atoms with Crippen LogP contribution in [0.1, 0.15) is 155 Å². The molecule has 0 saturated carbocycles. The number of benzene rings is 2. The number of hydrogen-bond acceptors (Lipinski definition) is 17. The molecule has 2 aromatic carbocycles. The van der Waals surface area contributed by atoms with E-state index >= 15 is 0 Å². The van der Waals surface area contributed by atoms with Crippen LogP contribution in [0.3, 0.4) is 0 Å². The normalized spacial score (nSPS) is 12.4. The van der Waals surface area contributed by atoms with E-state index in [4.69, 9.17) is 40.7 Å². The maximum absolute atomic E-state index is 12.6. The molecule has 77 heavy (non-hydrogen) atoms. The van der Waals surface area contributed by atoms with E-state index in [1.54, 1.807) is 15.5 Å². The first-order valence-electron chi connectivity index (χ1n) is 25.2. The van der Waals surface area contributed by atoms with Crippen molar-refractivity contribution in [2.75, 3.05) is 16.8 Å². The van der Waals surface area contributed by atoms with E-state index in [0.29, 0.717) is 51.3 Å². The topological polar surface area (TPSA) is 270 Å². The number of azo groups is 2. The number of rotatable bonds is 13. The van der Waals surface area contributed by atoms with Crippen LogP contribution in [0.25, 0.3) is 15.9 Å². The van der Waals surface area contributed by atoms with Gasteiger partial charge in [0, 0.05) is 33.5 Å². The SMILES string of the molecule is Cc1cc(C)c(Nc2nc(N(CC(=O)O)c3c(C)cc(C)cc3C)cc(C)c2N=Nc2c(C#N)c(C(C)(C)C)nn2-c2nnc(-n3nc(C(C)(C)C)c(C#N)c3N=Nc3c(C(C)(C)C)nn4c(C(C)C)n[nH]c34)s2)c(C)c1. The monoisotopic (exact) mass is 1060 g/mol. The first kappa shape index (κ1) is 54.8. The number of carbonyl (C=O) groups is 1. The minimum absolute atomic E-state index is 0.0658. The lowest BCUT2D eigenvalue weighted by molar-refractivity contribution is -0.135. The van der Waals surface area contributed by atoms with Gasteiger partial charge in [0.1, 0.15) is 41.3 Å². The van der Waals surface area contributed by atoms with Crippen LogP contribution < -0.4 is 10.2 Å². The maximum Gasteiger partial charge on any atom is 0.323 e. The highest BCUT2D eigenvalue weighted by atomic mass is 32.1. The van der Waals surface area contributed by atoms with Crippen molar-refractivity contribution >= 4 is 69.0 Å². The third-order valence-corrected chi connectivity index (χ3v) is 13.6. The lowest BCUT2D eigenvalue weighted by Gasteiger charge is -2.27. The number of aromatic nitrogens is 11. The van der Waals surface area contributed by atoms with Gasteiger partial charge in [-0.05, 0) is 82.3 Å². The van der Waals surface area contributed by atoms with Crippen molar-refractivity contribution in [3.63, 3.8) is 0 Å². The third-order valence-electron chi connectivity index (χ3n) is 12.8. The molecule has 0 aliphatic carbocycles. The van der Waals surface area contributed by atoms with E-state index in [1.807, 2.05) is 137 Å². The van der Waals surface area contributed by atoms with Crippen molar-refractivity contribution in [1.29, 1.82) is 10.5 Å². The Hall–Kier alpha value is -8.50. The number of nitrogens with zero attached hydrogens (tertiary/aromatic N) is 17. The molecule has 8 aromatic rings. The molecule has 21 nitrogen and oxygen atoms in total. The van der Waals surface area contributed by atoms with Gasteiger partial charge < -0.3 is 15.3 Å². The van der Waals surface area contributed by atoms with Crippen molar-refractivity contribution in [3.05, 3.63) is 103 Å². The van der Waals surface area contributed by atoms with Crippen LogP contribution in [0.2, 0.25) is 0 Å². The lowest BCUT2D eigenvalue weighted by atomic mass is 9.89. The fourth-order valence-electron chi connectivity index (χ4n) is 9.41. The molecule has 0 atom stereocenters. The van der Waals surface area contributed by atoms with Crippen molar-refractivity contribution in [2.24, 2.45) is 20.5 Å². The first-order valence-corrected chi connectivity index (χ1v) is 26.0. The summed E-state index contributed by atoms with van der Waals surface area (Å²) in [6.07, 6.45) is 0. The molecule has 0 amide bonds. The van der Waals surface area contributed by atoms with Gasteiger partial charge >= 0.3 is 5.97 Å². The van der Waals surface area contributed by atoms with Gasteiger partial charge in [-0.15, -0.1) is 30.7 Å². The molecule has 3 N–H and O–H groups in total. The van der Waals surface area contributed by atoms with Crippen molar-refractivity contribution in [2.45, 2.75) is 147 Å². The quantitative estimate of drug-likeness (QED) is 0.0908. The van der Waals surface area contributed by atoms with Crippen molar-refractivity contribution < 1.29 is 9.90 Å². The van der Waals surface area contributed by atoms with Crippen LogP contribution in [0.15, 0.2) is 50.8 Å². The molecule has 0 aliphatic heterocycles. The number of nitrogens with one attached hydrogen (secondary N) is 2. The van der Waals surface area contributed by atoms with Gasteiger partial charge in [0.2, 0.25) is 10.3 Å². The van der Waals surface area contributed by atoms with Gasteiger partial charge in [0.05, 0.1) is 17.1 Å². The standard InChI is InChI=1S/C55H65N19O2S/c1-27(2)47-62-65-50-41(45(55(16,17)18)70-72(47)50)61-64-49-36(25-57)44(54(13,14)15)69-74(49)52-67-66-51(77-52)73-48(35(24-56)43(68-73)53(10,11)12)63-60-40-32(7)23-37(58-46(40)59-39-30(5)19-28(3)20-31(39)6)71(26-38(75)76)42-33(8)21-29(4)22-34(42)9/h19-23,27,65H,26H2,1-18H3,(H,58,59)(H,75,76). The molecule has 0 radical (unpaired) electrons. The van der Waals surface area contributed by atoms with Gasteiger partial charge in [-0.25, -0.2) is 4.98 Å². The minimum Gasteiger partial charge on any atom is -0.480 e. The van der Waals surface area contributed by atoms with Crippen molar-refractivity contribution in [3.8, 4) is 22.4 Å². The molecule has 6 heterocycles. The second-order valence-electron chi connectivity index (χ2n) is 23.0. The highest BCUT2D eigenvalue weighted by Gasteiger charge is 2.34. The number of aliphatic carboxylic acids is 1. The second kappa shape index (κ2) is 20.2. The smallest absolute Gasteiger partial charge is 0.323 e. The zero-order valence-electron chi connectivity index (χ0n) is 47.0. The Morgan fingerprint density at radius 2 is 1.18 bits per heavy atom. The van der Waals surface area contributed by atoms with Crippen LogP contribution in [-0.2, 0) is 21.0 Å². The Kier molecular flexibility index (Phi) is 14.4. The molecule has 0 fully saturated rings. The molecule has 0 saturated heterocycles. The summed E-state index contributed by atoms with van der Waals surface area (Å²) in [5, 5.41) is 86.8. The highest BCUT2D eigenvalue weighted by molar-refractivity contribution is 7.16. The summed E-state index contributed by atoms with van der Waals surface area (Å²) in [4.78, 5) is 19.4. The lowest BCUT2D eigenvalue weighted by Crippen LogP contribution is -2.27. The predicted octanol–water partition coefficient (Wildman–Crippen LogP) is 13.4. The summed E-state index contributed by atoms with van der Waals surface area (Å²) in [5.41, 5.74) is 9.59. The van der Waals surface area contributed by atoms with Gasteiger partial charge in [-0.3, -0.25) is 9.89 Å². The minimum atomic E-state index is -1.03. The largest absolute Gasteiger partial charge is 0.480 e. The summed E-state index contributed by atoms with van der Waals surface area (Å²) in [6, 6.07) is 14.6. The van der Waals surface area contributed by atoms with Crippen molar-refractivity contribution in [1.82, 2.24) is 54.6 Å². The Morgan fingerprint density at radius 1 is 0.701 bits per heavy atom. The van der Waals surface area contributed by atoms with Gasteiger partial charge in [-0.1, -0.05) is 123 Å². The molecule has 0 aliphatic rings.